The van der Waals surface area contributed by atoms with Crippen molar-refractivity contribution in [1.29, 1.82) is 0 Å². The van der Waals surface area contributed by atoms with Gasteiger partial charge in [0.2, 0.25) is 0 Å². The molecule has 1 atom stereocenters. The molecule has 1 aromatic rings. The maximum absolute atomic E-state index is 5.68. The first-order chi connectivity index (χ1) is 8.11. The van der Waals surface area contributed by atoms with Crippen LogP contribution in [-0.4, -0.2) is 25.2 Å². The Kier molecular flexibility index (Phi) is 6.01. The number of hydrogen-bond donors (Lipinski definition) is 2. The molecule has 3 nitrogen and oxygen atoms in total. The van der Waals surface area contributed by atoms with Crippen molar-refractivity contribution >= 4 is 0 Å². The lowest BCUT2D eigenvalue weighted by Crippen LogP contribution is -2.32. The summed E-state index contributed by atoms with van der Waals surface area (Å²) in [7, 11) is 0. The Labute approximate surface area is 104 Å². The van der Waals surface area contributed by atoms with Crippen molar-refractivity contribution in [1.82, 2.24) is 5.32 Å². The molecule has 0 aromatic heterocycles. The van der Waals surface area contributed by atoms with Crippen LogP contribution in [0.2, 0.25) is 0 Å². The smallest absolute Gasteiger partial charge is 0.119 e. The maximum Gasteiger partial charge on any atom is 0.119 e. The lowest BCUT2D eigenvalue weighted by atomic mass is 10.1. The van der Waals surface area contributed by atoms with Crippen molar-refractivity contribution in [3.63, 3.8) is 0 Å². The van der Waals surface area contributed by atoms with Crippen LogP contribution in [0.15, 0.2) is 24.3 Å². The number of hydrogen-bond acceptors (Lipinski definition) is 3. The summed E-state index contributed by atoms with van der Waals surface area (Å²) in [6.07, 6.45) is 1.22. The molecule has 3 N–H and O–H groups in total. The summed E-state index contributed by atoms with van der Waals surface area (Å²) in [6.45, 7) is 7.80. The molecule has 1 aromatic carbocycles. The molecule has 0 aliphatic rings. The minimum atomic E-state index is 0.220. The van der Waals surface area contributed by atoms with Crippen LogP contribution >= 0.6 is 0 Å². The molecule has 0 saturated heterocycles. The predicted octanol–water partition coefficient (Wildman–Crippen LogP) is 1.95. The number of ether oxygens (including phenoxy) is 1. The Hall–Kier alpha value is -1.06. The van der Waals surface area contributed by atoms with Gasteiger partial charge in [-0.2, -0.15) is 0 Å². The average molecular weight is 236 g/mol. The lowest BCUT2D eigenvalue weighted by Gasteiger charge is -2.15. The standard InChI is InChI=1S/C14H24N2O/c1-11(2)17-14-6-4-5-13(10-14)9-12(3)16-8-7-15/h4-6,10-12,16H,7-9,15H2,1-3H3. The first-order valence-corrected chi connectivity index (χ1v) is 6.31. The molecule has 1 unspecified atom stereocenters. The Morgan fingerprint density at radius 2 is 2.06 bits per heavy atom. The lowest BCUT2D eigenvalue weighted by molar-refractivity contribution is 0.242. The minimum Gasteiger partial charge on any atom is -0.491 e. The topological polar surface area (TPSA) is 47.3 Å². The van der Waals surface area contributed by atoms with Gasteiger partial charge in [0, 0.05) is 19.1 Å². The molecule has 3 heteroatoms. The predicted molar refractivity (Wildman–Crippen MR) is 72.4 cm³/mol. The van der Waals surface area contributed by atoms with Crippen LogP contribution in [0, 0.1) is 0 Å². The van der Waals surface area contributed by atoms with E-state index in [1.165, 1.54) is 5.56 Å². The SMILES string of the molecule is CC(Cc1cccc(OC(C)C)c1)NCCN. The summed E-state index contributed by atoms with van der Waals surface area (Å²) in [5.41, 5.74) is 6.76. The minimum absolute atomic E-state index is 0.220. The monoisotopic (exact) mass is 236 g/mol. The van der Waals surface area contributed by atoms with Gasteiger partial charge in [-0.1, -0.05) is 12.1 Å². The maximum atomic E-state index is 5.68. The van der Waals surface area contributed by atoms with E-state index in [4.69, 9.17) is 10.5 Å². The van der Waals surface area contributed by atoms with Gasteiger partial charge in [0.1, 0.15) is 5.75 Å². The molecule has 0 radical (unpaired) electrons. The summed E-state index contributed by atoms with van der Waals surface area (Å²) in [4.78, 5) is 0. The van der Waals surface area contributed by atoms with Crippen LogP contribution in [-0.2, 0) is 6.42 Å². The molecule has 0 bridgehead atoms. The van der Waals surface area contributed by atoms with Gasteiger partial charge in [-0.05, 0) is 44.9 Å². The highest BCUT2D eigenvalue weighted by molar-refractivity contribution is 5.29. The molecule has 1 rings (SSSR count). The summed E-state index contributed by atoms with van der Waals surface area (Å²) < 4.78 is 5.68. The zero-order valence-corrected chi connectivity index (χ0v) is 11.1. The van der Waals surface area contributed by atoms with Crippen LogP contribution in [0.5, 0.6) is 5.75 Å². The van der Waals surface area contributed by atoms with E-state index in [0.717, 1.165) is 18.7 Å². The third kappa shape index (κ3) is 5.71. The largest absolute Gasteiger partial charge is 0.491 e. The van der Waals surface area contributed by atoms with Crippen molar-refractivity contribution in [3.8, 4) is 5.75 Å². The van der Waals surface area contributed by atoms with Gasteiger partial charge in [-0.25, -0.2) is 0 Å². The van der Waals surface area contributed by atoms with E-state index in [2.05, 4.69) is 24.4 Å². The number of benzene rings is 1. The van der Waals surface area contributed by atoms with Gasteiger partial charge in [0.05, 0.1) is 6.10 Å². The quantitative estimate of drug-likeness (QED) is 0.760. The van der Waals surface area contributed by atoms with Crippen molar-refractivity contribution in [3.05, 3.63) is 29.8 Å². The normalized spacial score (nSPS) is 12.8. The van der Waals surface area contributed by atoms with Gasteiger partial charge in [-0.15, -0.1) is 0 Å². The Morgan fingerprint density at radius 1 is 1.29 bits per heavy atom. The van der Waals surface area contributed by atoms with E-state index in [9.17, 15) is 0 Å². The van der Waals surface area contributed by atoms with Crippen LogP contribution < -0.4 is 15.8 Å². The molecule has 0 saturated carbocycles. The van der Waals surface area contributed by atoms with E-state index in [1.54, 1.807) is 0 Å². The van der Waals surface area contributed by atoms with Crippen LogP contribution in [0.1, 0.15) is 26.3 Å². The zero-order valence-electron chi connectivity index (χ0n) is 11.1. The van der Waals surface area contributed by atoms with E-state index in [1.807, 2.05) is 26.0 Å². The van der Waals surface area contributed by atoms with E-state index >= 15 is 0 Å². The van der Waals surface area contributed by atoms with Crippen molar-refractivity contribution in [2.45, 2.75) is 39.3 Å². The van der Waals surface area contributed by atoms with Crippen molar-refractivity contribution in [2.24, 2.45) is 5.73 Å². The van der Waals surface area contributed by atoms with Gasteiger partial charge in [-0.3, -0.25) is 0 Å². The number of nitrogens with one attached hydrogen (secondary N) is 1. The Bertz CT molecular complexity index is 326. The molecule has 0 aliphatic carbocycles. The van der Waals surface area contributed by atoms with Gasteiger partial charge in [0.25, 0.3) is 0 Å². The van der Waals surface area contributed by atoms with Crippen molar-refractivity contribution < 1.29 is 4.74 Å². The van der Waals surface area contributed by atoms with E-state index in [0.29, 0.717) is 12.6 Å². The highest BCUT2D eigenvalue weighted by Gasteiger charge is 2.04. The number of nitrogens with two attached hydrogens (primary N) is 1. The van der Waals surface area contributed by atoms with Gasteiger partial charge >= 0.3 is 0 Å². The first-order valence-electron chi connectivity index (χ1n) is 6.31. The second-order valence-corrected chi connectivity index (χ2v) is 4.66. The fourth-order valence-electron chi connectivity index (χ4n) is 1.77. The molecular weight excluding hydrogens is 212 g/mol. The molecular formula is C14H24N2O. The number of rotatable bonds is 7. The van der Waals surface area contributed by atoms with Crippen LogP contribution in [0.4, 0.5) is 0 Å². The first kappa shape index (κ1) is 14.0. The van der Waals surface area contributed by atoms with Crippen LogP contribution in [0.25, 0.3) is 0 Å². The molecule has 0 fully saturated rings. The summed E-state index contributed by atoms with van der Waals surface area (Å²) in [5, 5.41) is 3.38. The summed E-state index contributed by atoms with van der Waals surface area (Å²) in [6, 6.07) is 8.73. The fourth-order valence-corrected chi connectivity index (χ4v) is 1.77. The van der Waals surface area contributed by atoms with Crippen molar-refractivity contribution in [2.75, 3.05) is 13.1 Å². The third-order valence-electron chi connectivity index (χ3n) is 2.45. The molecule has 96 valence electrons. The molecule has 17 heavy (non-hydrogen) atoms. The molecule has 0 spiro atoms. The summed E-state index contributed by atoms with van der Waals surface area (Å²) >= 11 is 0. The second-order valence-electron chi connectivity index (χ2n) is 4.66. The highest BCUT2D eigenvalue weighted by atomic mass is 16.5. The Morgan fingerprint density at radius 3 is 2.71 bits per heavy atom. The third-order valence-corrected chi connectivity index (χ3v) is 2.45. The fraction of sp³-hybridized carbons (Fsp3) is 0.571. The zero-order chi connectivity index (χ0) is 12.7. The van der Waals surface area contributed by atoms with E-state index < -0.39 is 0 Å². The second kappa shape index (κ2) is 7.30. The molecule has 0 heterocycles. The molecule has 0 amide bonds. The highest BCUT2D eigenvalue weighted by Crippen LogP contribution is 2.16. The van der Waals surface area contributed by atoms with Crippen LogP contribution in [0.3, 0.4) is 0 Å². The van der Waals surface area contributed by atoms with Gasteiger partial charge in [0.15, 0.2) is 0 Å². The Balaban J connectivity index is 2.53. The average Bonchev–Trinajstić information content (AvgIpc) is 2.26. The summed E-state index contributed by atoms with van der Waals surface area (Å²) in [5.74, 6) is 0.948. The van der Waals surface area contributed by atoms with E-state index in [-0.39, 0.29) is 6.10 Å². The van der Waals surface area contributed by atoms with Gasteiger partial charge < -0.3 is 15.8 Å². The molecule has 0 aliphatic heterocycles.